The van der Waals surface area contributed by atoms with Crippen LogP contribution in [0.5, 0.6) is 0 Å². The Hall–Kier alpha value is -2.59. The van der Waals surface area contributed by atoms with Gasteiger partial charge in [-0.3, -0.25) is 0 Å². The zero-order valence-corrected chi connectivity index (χ0v) is 13.4. The quantitative estimate of drug-likeness (QED) is 0.866. The predicted octanol–water partition coefficient (Wildman–Crippen LogP) is 1.66. The van der Waals surface area contributed by atoms with Gasteiger partial charge in [-0.2, -0.15) is 18.2 Å². The number of urea groups is 1. The Morgan fingerprint density at radius 3 is 2.88 bits per heavy atom. The second-order valence-corrected chi connectivity index (χ2v) is 5.89. The molecule has 0 radical (unpaired) electrons. The molecule has 3 rings (SSSR count). The molecule has 2 aromatic heterocycles. The summed E-state index contributed by atoms with van der Waals surface area (Å²) in [5.41, 5.74) is -0.871. The Labute approximate surface area is 140 Å². The van der Waals surface area contributed by atoms with Gasteiger partial charge in [0.05, 0.1) is 6.54 Å². The number of amides is 2. The molecule has 2 N–H and O–H groups in total. The number of nitrogens with zero attached hydrogens (tertiary/aromatic N) is 4. The lowest BCUT2D eigenvalue weighted by Crippen LogP contribution is -2.39. The second-order valence-electron chi connectivity index (χ2n) is 5.89. The number of halogens is 3. The molecule has 0 unspecified atom stereocenters. The van der Waals surface area contributed by atoms with Gasteiger partial charge in [0.15, 0.2) is 11.5 Å². The number of fused-ring (bicyclic) bond motifs is 1. The SMILES string of the molecule is Cc1nc(CNC(=O)NC[C@H]2CCc3nc(C(F)(F)F)cn3C2)no1. The van der Waals surface area contributed by atoms with Crippen LogP contribution in [0.1, 0.15) is 29.7 Å². The standard InChI is InChI=1S/C14H17F3N6O2/c1-8-20-11(22-25-8)5-19-13(24)18-4-9-2-3-12-21-10(14(15,16)17)7-23(12)6-9/h7,9H,2-6H2,1H3,(H2,18,19,24)/t9-/m1/s1. The van der Waals surface area contributed by atoms with Crippen LogP contribution in [0.25, 0.3) is 0 Å². The van der Waals surface area contributed by atoms with Gasteiger partial charge in [0, 0.05) is 32.6 Å². The Kier molecular flexibility index (Phi) is 4.64. The van der Waals surface area contributed by atoms with E-state index in [0.717, 1.165) is 6.20 Å². The summed E-state index contributed by atoms with van der Waals surface area (Å²) in [5, 5.41) is 8.95. The van der Waals surface area contributed by atoms with Crippen LogP contribution in [0.3, 0.4) is 0 Å². The summed E-state index contributed by atoms with van der Waals surface area (Å²) < 4.78 is 44.4. The van der Waals surface area contributed by atoms with Crippen molar-refractivity contribution >= 4 is 6.03 Å². The highest BCUT2D eigenvalue weighted by atomic mass is 19.4. The summed E-state index contributed by atoms with van der Waals surface area (Å²) in [6.07, 6.45) is -2.30. The van der Waals surface area contributed by atoms with E-state index in [2.05, 4.69) is 25.8 Å². The molecule has 8 nitrogen and oxygen atoms in total. The van der Waals surface area contributed by atoms with E-state index >= 15 is 0 Å². The zero-order valence-electron chi connectivity index (χ0n) is 13.4. The summed E-state index contributed by atoms with van der Waals surface area (Å²) in [4.78, 5) is 19.4. The molecular formula is C14H17F3N6O2. The van der Waals surface area contributed by atoms with Crippen LogP contribution >= 0.6 is 0 Å². The van der Waals surface area contributed by atoms with E-state index in [1.54, 1.807) is 6.92 Å². The Morgan fingerprint density at radius 2 is 2.20 bits per heavy atom. The largest absolute Gasteiger partial charge is 0.434 e. The molecule has 0 bridgehead atoms. The van der Waals surface area contributed by atoms with E-state index in [1.165, 1.54) is 4.57 Å². The lowest BCUT2D eigenvalue weighted by Gasteiger charge is -2.23. The van der Waals surface area contributed by atoms with Crippen molar-refractivity contribution in [1.29, 1.82) is 0 Å². The minimum Gasteiger partial charge on any atom is -0.340 e. The molecule has 2 amide bonds. The summed E-state index contributed by atoms with van der Waals surface area (Å²) in [6.45, 7) is 2.53. The van der Waals surface area contributed by atoms with E-state index in [0.29, 0.717) is 43.5 Å². The first-order valence-electron chi connectivity index (χ1n) is 7.75. The van der Waals surface area contributed by atoms with Gasteiger partial charge in [0.2, 0.25) is 5.89 Å². The van der Waals surface area contributed by atoms with Crippen LogP contribution in [-0.4, -0.2) is 32.3 Å². The van der Waals surface area contributed by atoms with Crippen molar-refractivity contribution in [2.75, 3.05) is 6.54 Å². The number of alkyl halides is 3. The first kappa shape index (κ1) is 17.2. The summed E-state index contributed by atoms with van der Waals surface area (Å²) in [6, 6.07) is -0.394. The Bertz CT molecular complexity index is 754. The average molecular weight is 358 g/mol. The first-order chi connectivity index (χ1) is 11.8. The maximum absolute atomic E-state index is 12.7. The molecule has 0 saturated carbocycles. The molecule has 11 heteroatoms. The molecule has 1 aliphatic rings. The number of hydrogen-bond donors (Lipinski definition) is 2. The first-order valence-corrected chi connectivity index (χ1v) is 7.75. The molecule has 2 aromatic rings. The maximum atomic E-state index is 12.7. The van der Waals surface area contributed by atoms with Crippen molar-refractivity contribution in [2.45, 2.75) is 39.0 Å². The molecule has 25 heavy (non-hydrogen) atoms. The van der Waals surface area contributed by atoms with Gasteiger partial charge >= 0.3 is 12.2 Å². The molecular weight excluding hydrogens is 341 g/mol. The zero-order chi connectivity index (χ0) is 18.0. The van der Waals surface area contributed by atoms with Crippen LogP contribution in [0, 0.1) is 12.8 Å². The van der Waals surface area contributed by atoms with Gasteiger partial charge in [-0.05, 0) is 12.3 Å². The molecule has 1 aliphatic heterocycles. The van der Waals surface area contributed by atoms with Crippen molar-refractivity contribution in [3.05, 3.63) is 29.4 Å². The fraction of sp³-hybridized carbons (Fsp3) is 0.571. The fourth-order valence-corrected chi connectivity index (χ4v) is 2.69. The van der Waals surface area contributed by atoms with Gasteiger partial charge in [-0.15, -0.1) is 0 Å². The fourth-order valence-electron chi connectivity index (χ4n) is 2.69. The number of nitrogens with one attached hydrogen (secondary N) is 2. The van der Waals surface area contributed by atoms with E-state index < -0.39 is 17.9 Å². The number of rotatable bonds is 4. The van der Waals surface area contributed by atoms with Gasteiger partial charge < -0.3 is 19.7 Å². The highest BCUT2D eigenvalue weighted by Gasteiger charge is 2.35. The molecule has 136 valence electrons. The van der Waals surface area contributed by atoms with E-state index in [-0.39, 0.29) is 12.5 Å². The minimum atomic E-state index is -4.44. The van der Waals surface area contributed by atoms with Crippen LogP contribution < -0.4 is 10.6 Å². The lowest BCUT2D eigenvalue weighted by molar-refractivity contribution is -0.141. The monoisotopic (exact) mass is 358 g/mol. The Balaban J connectivity index is 1.46. The van der Waals surface area contributed by atoms with E-state index in [1.807, 2.05) is 0 Å². The number of aromatic nitrogens is 4. The van der Waals surface area contributed by atoms with Gasteiger partial charge in [-0.25, -0.2) is 9.78 Å². The lowest BCUT2D eigenvalue weighted by atomic mass is 9.99. The van der Waals surface area contributed by atoms with E-state index in [9.17, 15) is 18.0 Å². The van der Waals surface area contributed by atoms with Crippen LogP contribution in [-0.2, 0) is 25.7 Å². The summed E-state index contributed by atoms with van der Waals surface area (Å²) >= 11 is 0. The van der Waals surface area contributed by atoms with Crippen LogP contribution in [0.2, 0.25) is 0 Å². The van der Waals surface area contributed by atoms with Crippen LogP contribution in [0.4, 0.5) is 18.0 Å². The van der Waals surface area contributed by atoms with Crippen molar-refractivity contribution in [3.63, 3.8) is 0 Å². The third-order valence-corrected chi connectivity index (χ3v) is 3.91. The van der Waals surface area contributed by atoms with Crippen molar-refractivity contribution in [3.8, 4) is 0 Å². The molecule has 0 fully saturated rings. The van der Waals surface area contributed by atoms with Gasteiger partial charge in [0.1, 0.15) is 5.82 Å². The molecule has 3 heterocycles. The molecule has 0 aromatic carbocycles. The van der Waals surface area contributed by atoms with E-state index in [4.69, 9.17) is 4.52 Å². The molecule has 0 aliphatic carbocycles. The van der Waals surface area contributed by atoms with Gasteiger partial charge in [0.25, 0.3) is 0 Å². The number of imidazole rings is 1. The number of aryl methyl sites for hydroxylation is 2. The summed E-state index contributed by atoms with van der Waals surface area (Å²) in [5.74, 6) is 1.25. The Morgan fingerprint density at radius 1 is 1.40 bits per heavy atom. The number of carbonyl (C=O) groups is 1. The average Bonchev–Trinajstić information content (AvgIpc) is 3.16. The number of hydrogen-bond acceptors (Lipinski definition) is 5. The topological polar surface area (TPSA) is 97.9 Å². The third-order valence-electron chi connectivity index (χ3n) is 3.91. The maximum Gasteiger partial charge on any atom is 0.434 e. The predicted molar refractivity (Wildman–Crippen MR) is 78.3 cm³/mol. The van der Waals surface area contributed by atoms with Crippen LogP contribution in [0.15, 0.2) is 10.7 Å². The van der Waals surface area contributed by atoms with Crippen molar-refractivity contribution < 1.29 is 22.5 Å². The molecule has 1 atom stereocenters. The second kappa shape index (κ2) is 6.73. The molecule has 0 saturated heterocycles. The number of carbonyl (C=O) groups excluding carboxylic acids is 1. The highest BCUT2D eigenvalue weighted by Crippen LogP contribution is 2.30. The summed E-state index contributed by atoms with van der Waals surface area (Å²) in [7, 11) is 0. The highest BCUT2D eigenvalue weighted by molar-refractivity contribution is 5.73. The molecule has 0 spiro atoms. The van der Waals surface area contributed by atoms with Crippen molar-refractivity contribution in [2.24, 2.45) is 5.92 Å². The third kappa shape index (κ3) is 4.28. The van der Waals surface area contributed by atoms with Gasteiger partial charge in [-0.1, -0.05) is 5.16 Å². The normalized spacial score (nSPS) is 17.2. The van der Waals surface area contributed by atoms with Crippen molar-refractivity contribution in [1.82, 2.24) is 30.3 Å². The smallest absolute Gasteiger partial charge is 0.340 e. The minimum absolute atomic E-state index is 0.0425.